The van der Waals surface area contributed by atoms with Crippen LogP contribution in [0.5, 0.6) is 0 Å². The Kier molecular flexibility index (Phi) is 4.87. The first kappa shape index (κ1) is 13.4. The number of nitrogens with zero attached hydrogens (tertiary/aromatic N) is 1. The second kappa shape index (κ2) is 6.19. The average Bonchev–Trinajstić information content (AvgIpc) is 2.85. The first-order chi connectivity index (χ1) is 8.29. The van der Waals surface area contributed by atoms with Gasteiger partial charge in [0.05, 0.1) is 0 Å². The Morgan fingerprint density at radius 1 is 1.24 bits per heavy atom. The maximum Gasteiger partial charge on any atom is 0.0179 e. The highest BCUT2D eigenvalue weighted by Crippen LogP contribution is 2.31. The van der Waals surface area contributed by atoms with Crippen molar-refractivity contribution in [3.63, 3.8) is 0 Å². The van der Waals surface area contributed by atoms with E-state index in [2.05, 4.69) is 24.1 Å². The first-order valence-corrected chi connectivity index (χ1v) is 7.79. The molecule has 2 fully saturated rings. The largest absolute Gasteiger partial charge is 0.311 e. The molecule has 2 unspecified atom stereocenters. The minimum Gasteiger partial charge on any atom is -0.311 e. The first-order valence-electron chi connectivity index (χ1n) is 7.79. The second-order valence-electron chi connectivity index (χ2n) is 5.98. The number of nitrogens with one attached hydrogen (secondary N) is 1. The van der Waals surface area contributed by atoms with Crippen LogP contribution in [0.1, 0.15) is 65.2 Å². The van der Waals surface area contributed by atoms with Crippen molar-refractivity contribution in [2.24, 2.45) is 0 Å². The summed E-state index contributed by atoms with van der Waals surface area (Å²) in [4.78, 5) is 2.69. The number of hydrogen-bond donors (Lipinski definition) is 1. The fourth-order valence-electron chi connectivity index (χ4n) is 3.80. The van der Waals surface area contributed by atoms with Gasteiger partial charge >= 0.3 is 0 Å². The molecule has 100 valence electrons. The van der Waals surface area contributed by atoms with E-state index in [9.17, 15) is 0 Å². The molecule has 17 heavy (non-hydrogen) atoms. The van der Waals surface area contributed by atoms with E-state index in [1.54, 1.807) is 0 Å². The minimum absolute atomic E-state index is 0.486. The van der Waals surface area contributed by atoms with Crippen LogP contribution in [0.3, 0.4) is 0 Å². The zero-order chi connectivity index (χ0) is 12.1. The van der Waals surface area contributed by atoms with Crippen molar-refractivity contribution in [3.05, 3.63) is 0 Å². The lowest BCUT2D eigenvalue weighted by atomic mass is 9.81. The Morgan fingerprint density at radius 2 is 2.12 bits per heavy atom. The van der Waals surface area contributed by atoms with Gasteiger partial charge in [0.25, 0.3) is 0 Å². The predicted molar refractivity (Wildman–Crippen MR) is 74.4 cm³/mol. The molecule has 2 heterocycles. The van der Waals surface area contributed by atoms with Crippen LogP contribution in [-0.4, -0.2) is 36.1 Å². The Labute approximate surface area is 107 Å². The van der Waals surface area contributed by atoms with Crippen LogP contribution in [0.25, 0.3) is 0 Å². The van der Waals surface area contributed by atoms with Crippen LogP contribution in [0.15, 0.2) is 0 Å². The molecule has 0 bridgehead atoms. The zero-order valence-electron chi connectivity index (χ0n) is 11.8. The van der Waals surface area contributed by atoms with Gasteiger partial charge in [0, 0.05) is 11.6 Å². The van der Waals surface area contributed by atoms with E-state index in [4.69, 9.17) is 0 Å². The lowest BCUT2D eigenvalue weighted by molar-refractivity contribution is 0.186. The topological polar surface area (TPSA) is 15.3 Å². The maximum absolute atomic E-state index is 3.82. The fourth-order valence-corrected chi connectivity index (χ4v) is 3.80. The molecule has 0 saturated carbocycles. The van der Waals surface area contributed by atoms with Gasteiger partial charge in [-0.05, 0) is 64.6 Å². The van der Waals surface area contributed by atoms with Gasteiger partial charge in [-0.3, -0.25) is 0 Å². The van der Waals surface area contributed by atoms with Crippen molar-refractivity contribution in [1.29, 1.82) is 0 Å². The molecule has 2 atom stereocenters. The van der Waals surface area contributed by atoms with Crippen molar-refractivity contribution >= 4 is 0 Å². The molecule has 2 heteroatoms. The third-order valence-corrected chi connectivity index (χ3v) is 5.12. The normalized spacial score (nSPS) is 35.3. The number of hydrogen-bond acceptors (Lipinski definition) is 2. The summed E-state index contributed by atoms with van der Waals surface area (Å²) in [5, 5.41) is 3.82. The van der Waals surface area contributed by atoms with Gasteiger partial charge in [0.1, 0.15) is 0 Å². The summed E-state index contributed by atoms with van der Waals surface area (Å²) in [7, 11) is 0. The Balaban J connectivity index is 1.82. The molecule has 2 aliphatic rings. The minimum atomic E-state index is 0.486. The molecular weight excluding hydrogens is 208 g/mol. The highest BCUT2D eigenvalue weighted by molar-refractivity contribution is 4.91. The number of rotatable bonds is 5. The monoisotopic (exact) mass is 238 g/mol. The van der Waals surface area contributed by atoms with Crippen LogP contribution in [-0.2, 0) is 0 Å². The molecule has 1 N–H and O–H groups in total. The molecule has 0 aromatic carbocycles. The molecule has 2 rings (SSSR count). The molecule has 2 nitrogen and oxygen atoms in total. The van der Waals surface area contributed by atoms with Gasteiger partial charge in [-0.2, -0.15) is 0 Å². The third kappa shape index (κ3) is 3.23. The maximum atomic E-state index is 3.82. The summed E-state index contributed by atoms with van der Waals surface area (Å²) in [6.07, 6.45) is 11.2. The van der Waals surface area contributed by atoms with Gasteiger partial charge in [-0.25, -0.2) is 0 Å². The van der Waals surface area contributed by atoms with E-state index in [0.717, 1.165) is 6.04 Å². The Morgan fingerprint density at radius 3 is 2.76 bits per heavy atom. The van der Waals surface area contributed by atoms with Crippen LogP contribution in [0, 0.1) is 0 Å². The summed E-state index contributed by atoms with van der Waals surface area (Å²) >= 11 is 0. The van der Waals surface area contributed by atoms with Crippen molar-refractivity contribution in [3.8, 4) is 0 Å². The standard InChI is InChI=1S/C15H30N2/c1-3-15(10-5-6-12-16-15)11-9-14-8-7-13-17(14)4-2/h14,16H,3-13H2,1-2H3. The molecule has 0 spiro atoms. The zero-order valence-corrected chi connectivity index (χ0v) is 11.8. The van der Waals surface area contributed by atoms with Crippen molar-refractivity contribution < 1.29 is 0 Å². The van der Waals surface area contributed by atoms with Crippen molar-refractivity contribution in [2.75, 3.05) is 19.6 Å². The molecule has 0 radical (unpaired) electrons. The van der Waals surface area contributed by atoms with Gasteiger partial charge in [-0.1, -0.05) is 20.3 Å². The van der Waals surface area contributed by atoms with Crippen LogP contribution in [0.4, 0.5) is 0 Å². The Hall–Kier alpha value is -0.0800. The van der Waals surface area contributed by atoms with E-state index in [-0.39, 0.29) is 0 Å². The summed E-state index contributed by atoms with van der Waals surface area (Å²) < 4.78 is 0. The van der Waals surface area contributed by atoms with Gasteiger partial charge < -0.3 is 10.2 Å². The molecule has 2 saturated heterocycles. The summed E-state index contributed by atoms with van der Waals surface area (Å²) in [6, 6.07) is 0.882. The van der Waals surface area contributed by atoms with Crippen LogP contribution >= 0.6 is 0 Å². The number of piperidine rings is 1. The van der Waals surface area contributed by atoms with E-state index < -0.39 is 0 Å². The summed E-state index contributed by atoms with van der Waals surface area (Å²) in [6.45, 7) is 8.51. The number of likely N-dealkylation sites (tertiary alicyclic amines) is 1. The summed E-state index contributed by atoms with van der Waals surface area (Å²) in [5.41, 5.74) is 0.486. The van der Waals surface area contributed by atoms with Crippen molar-refractivity contribution in [2.45, 2.75) is 76.8 Å². The predicted octanol–water partition coefficient (Wildman–Crippen LogP) is 3.17. The summed E-state index contributed by atoms with van der Waals surface area (Å²) in [5.74, 6) is 0. The molecule has 0 aromatic rings. The molecular formula is C15H30N2. The van der Waals surface area contributed by atoms with Gasteiger partial charge in [0.2, 0.25) is 0 Å². The molecule has 0 aliphatic carbocycles. The molecule has 2 aliphatic heterocycles. The van der Waals surface area contributed by atoms with Crippen molar-refractivity contribution in [1.82, 2.24) is 10.2 Å². The quantitative estimate of drug-likeness (QED) is 0.791. The molecule has 0 aromatic heterocycles. The van der Waals surface area contributed by atoms with Crippen LogP contribution < -0.4 is 5.32 Å². The smallest absolute Gasteiger partial charge is 0.0179 e. The molecule has 0 amide bonds. The Bertz CT molecular complexity index is 221. The van der Waals surface area contributed by atoms with E-state index in [1.807, 2.05) is 0 Å². The second-order valence-corrected chi connectivity index (χ2v) is 5.98. The fraction of sp³-hybridized carbons (Fsp3) is 1.00. The highest BCUT2D eigenvalue weighted by atomic mass is 15.2. The van der Waals surface area contributed by atoms with Gasteiger partial charge in [0.15, 0.2) is 0 Å². The van der Waals surface area contributed by atoms with Crippen LogP contribution in [0.2, 0.25) is 0 Å². The lowest BCUT2D eigenvalue weighted by Crippen LogP contribution is -2.48. The van der Waals surface area contributed by atoms with E-state index in [1.165, 1.54) is 71.0 Å². The third-order valence-electron chi connectivity index (χ3n) is 5.12. The van der Waals surface area contributed by atoms with E-state index >= 15 is 0 Å². The lowest BCUT2D eigenvalue weighted by Gasteiger charge is -2.39. The van der Waals surface area contributed by atoms with Gasteiger partial charge in [-0.15, -0.1) is 0 Å². The highest BCUT2D eigenvalue weighted by Gasteiger charge is 2.32. The van der Waals surface area contributed by atoms with E-state index in [0.29, 0.717) is 5.54 Å². The SMILES string of the molecule is CCN1CCCC1CCC1(CC)CCCCN1. The average molecular weight is 238 g/mol.